The summed E-state index contributed by atoms with van der Waals surface area (Å²) in [6, 6.07) is 15.9. The zero-order chi connectivity index (χ0) is 26.5. The van der Waals surface area contributed by atoms with Crippen LogP contribution in [0.1, 0.15) is 20.7 Å². The lowest BCUT2D eigenvalue weighted by Gasteiger charge is -2.44. The minimum atomic E-state index is -1.76. The van der Waals surface area contributed by atoms with E-state index in [-0.39, 0.29) is 17.7 Å². The third-order valence-corrected chi connectivity index (χ3v) is 6.05. The highest BCUT2D eigenvalue weighted by Crippen LogP contribution is 2.29. The van der Waals surface area contributed by atoms with Gasteiger partial charge in [-0.15, -0.1) is 0 Å². The fourth-order valence-electron chi connectivity index (χ4n) is 3.97. The van der Waals surface area contributed by atoms with Crippen LogP contribution in [0.15, 0.2) is 60.7 Å². The van der Waals surface area contributed by atoms with Gasteiger partial charge in [-0.2, -0.15) is 0 Å². The van der Waals surface area contributed by atoms with Gasteiger partial charge in [0.25, 0.3) is 0 Å². The van der Waals surface area contributed by atoms with Gasteiger partial charge in [0.05, 0.1) is 24.3 Å². The molecule has 0 aliphatic carbocycles. The quantitative estimate of drug-likeness (QED) is 0.281. The molecule has 0 aromatic heterocycles. The lowest BCUT2D eigenvalue weighted by atomic mass is 9.98. The molecule has 12 nitrogen and oxygen atoms in total. The molecule has 2 aromatic rings. The first-order valence-corrected chi connectivity index (χ1v) is 11.6. The Morgan fingerprint density at radius 2 is 1.32 bits per heavy atom. The number of aliphatic hydroxyl groups is 5. The van der Waals surface area contributed by atoms with Crippen molar-refractivity contribution < 1.29 is 58.8 Å². The van der Waals surface area contributed by atoms with Crippen LogP contribution in [0, 0.1) is 0 Å². The summed E-state index contributed by atoms with van der Waals surface area (Å²) in [7, 11) is 0. The zero-order valence-electron chi connectivity index (χ0n) is 19.5. The van der Waals surface area contributed by atoms with E-state index in [0.717, 1.165) is 0 Å². The molecule has 2 aliphatic rings. The molecule has 0 bridgehead atoms. The predicted molar refractivity (Wildman–Crippen MR) is 122 cm³/mol. The fraction of sp³-hybridized carbons (Fsp3) is 0.440. The van der Waals surface area contributed by atoms with Gasteiger partial charge in [-0.1, -0.05) is 36.4 Å². The number of ether oxygens (including phenoxy) is 5. The molecular weight excluding hydrogens is 492 g/mol. The highest BCUT2D eigenvalue weighted by molar-refractivity contribution is 5.89. The lowest BCUT2D eigenvalue weighted by molar-refractivity contribution is -0.348. The van der Waals surface area contributed by atoms with Crippen LogP contribution in [0.3, 0.4) is 0 Å². The largest absolute Gasteiger partial charge is 0.453 e. The SMILES string of the molecule is O=C(O[C@@H]1O[C@H](CO)[C@H](O)[C@H](O)[C@@H]1O[C@H]1OC[C@@H](OC(=O)c2ccccc2)[C@H](O)[C@H]1O)c1ccccc1. The Bertz CT molecular complexity index is 1030. The molecule has 12 heteroatoms. The summed E-state index contributed by atoms with van der Waals surface area (Å²) in [6.07, 6.45) is -14.1. The van der Waals surface area contributed by atoms with E-state index in [1.807, 2.05) is 0 Å². The summed E-state index contributed by atoms with van der Waals surface area (Å²) in [5.74, 6) is -1.57. The van der Waals surface area contributed by atoms with Crippen molar-refractivity contribution in [3.63, 3.8) is 0 Å². The van der Waals surface area contributed by atoms with Gasteiger partial charge in [0.2, 0.25) is 6.29 Å². The molecule has 0 unspecified atom stereocenters. The monoisotopic (exact) mass is 520 g/mol. The van der Waals surface area contributed by atoms with E-state index in [2.05, 4.69) is 0 Å². The number of hydrogen-bond acceptors (Lipinski definition) is 12. The van der Waals surface area contributed by atoms with Gasteiger partial charge in [0.15, 0.2) is 18.5 Å². The molecule has 0 spiro atoms. The molecule has 2 fully saturated rings. The van der Waals surface area contributed by atoms with Crippen molar-refractivity contribution in [1.82, 2.24) is 0 Å². The number of carbonyl (C=O) groups is 2. The van der Waals surface area contributed by atoms with Gasteiger partial charge in [-0.25, -0.2) is 9.59 Å². The summed E-state index contributed by atoms with van der Waals surface area (Å²) in [6.45, 7) is -1.07. The van der Waals surface area contributed by atoms with Crippen molar-refractivity contribution >= 4 is 11.9 Å². The van der Waals surface area contributed by atoms with E-state index in [1.165, 1.54) is 24.3 Å². The second-order valence-corrected chi connectivity index (χ2v) is 8.57. The van der Waals surface area contributed by atoms with E-state index in [4.69, 9.17) is 23.7 Å². The third kappa shape index (κ3) is 6.14. The van der Waals surface area contributed by atoms with Crippen molar-refractivity contribution in [2.45, 2.75) is 55.3 Å². The van der Waals surface area contributed by atoms with Crippen LogP contribution in [0.25, 0.3) is 0 Å². The van der Waals surface area contributed by atoms with E-state index in [1.54, 1.807) is 36.4 Å². The average Bonchev–Trinajstić information content (AvgIpc) is 2.92. The Hall–Kier alpha value is -2.94. The molecule has 2 heterocycles. The third-order valence-electron chi connectivity index (χ3n) is 6.05. The Kier molecular flexibility index (Phi) is 8.84. The van der Waals surface area contributed by atoms with Gasteiger partial charge in [0, 0.05) is 0 Å². The first kappa shape index (κ1) is 27.1. The van der Waals surface area contributed by atoms with Crippen molar-refractivity contribution in [3.8, 4) is 0 Å². The van der Waals surface area contributed by atoms with Crippen molar-refractivity contribution in [1.29, 1.82) is 0 Å². The molecule has 2 aliphatic heterocycles. The van der Waals surface area contributed by atoms with Gasteiger partial charge < -0.3 is 49.2 Å². The minimum Gasteiger partial charge on any atom is -0.453 e. The van der Waals surface area contributed by atoms with Crippen LogP contribution in [0.2, 0.25) is 0 Å². The number of benzene rings is 2. The second kappa shape index (κ2) is 12.1. The van der Waals surface area contributed by atoms with Crippen molar-refractivity contribution in [3.05, 3.63) is 71.8 Å². The highest BCUT2D eigenvalue weighted by atomic mass is 16.8. The van der Waals surface area contributed by atoms with Crippen LogP contribution >= 0.6 is 0 Å². The number of aliphatic hydroxyl groups excluding tert-OH is 5. The molecule has 200 valence electrons. The van der Waals surface area contributed by atoms with Gasteiger partial charge in [-0.3, -0.25) is 0 Å². The molecule has 37 heavy (non-hydrogen) atoms. The smallest absolute Gasteiger partial charge is 0.340 e. The molecule has 9 atom stereocenters. The number of hydrogen-bond donors (Lipinski definition) is 5. The maximum Gasteiger partial charge on any atom is 0.340 e. The molecule has 4 rings (SSSR count). The molecule has 0 saturated carbocycles. The average molecular weight is 520 g/mol. The first-order chi connectivity index (χ1) is 17.8. The molecule has 0 amide bonds. The van der Waals surface area contributed by atoms with E-state index < -0.39 is 73.9 Å². The minimum absolute atomic E-state index is 0.165. The van der Waals surface area contributed by atoms with Crippen molar-refractivity contribution in [2.75, 3.05) is 13.2 Å². The fourth-order valence-corrected chi connectivity index (χ4v) is 3.97. The molecular formula is C25H28O12. The lowest BCUT2D eigenvalue weighted by Crippen LogP contribution is -2.63. The number of rotatable bonds is 7. The zero-order valence-corrected chi connectivity index (χ0v) is 19.5. The summed E-state index contributed by atoms with van der Waals surface area (Å²) >= 11 is 0. The van der Waals surface area contributed by atoms with Crippen LogP contribution in [-0.2, 0) is 23.7 Å². The van der Waals surface area contributed by atoms with E-state index in [0.29, 0.717) is 0 Å². The maximum absolute atomic E-state index is 12.6. The second-order valence-electron chi connectivity index (χ2n) is 8.57. The summed E-state index contributed by atoms with van der Waals surface area (Å²) in [5, 5.41) is 51.6. The Morgan fingerprint density at radius 1 is 0.757 bits per heavy atom. The van der Waals surface area contributed by atoms with Gasteiger partial charge in [0.1, 0.15) is 30.5 Å². The van der Waals surface area contributed by atoms with Crippen LogP contribution in [0.4, 0.5) is 0 Å². The summed E-state index contributed by atoms with van der Waals surface area (Å²) in [5.41, 5.74) is 0.402. The summed E-state index contributed by atoms with van der Waals surface area (Å²) < 4.78 is 27.1. The Morgan fingerprint density at radius 3 is 1.89 bits per heavy atom. The van der Waals surface area contributed by atoms with Crippen molar-refractivity contribution in [2.24, 2.45) is 0 Å². The van der Waals surface area contributed by atoms with E-state index in [9.17, 15) is 35.1 Å². The van der Waals surface area contributed by atoms with Crippen LogP contribution in [-0.4, -0.2) is 106 Å². The van der Waals surface area contributed by atoms with Gasteiger partial charge >= 0.3 is 11.9 Å². The topological polar surface area (TPSA) is 181 Å². The highest BCUT2D eigenvalue weighted by Gasteiger charge is 2.50. The van der Waals surface area contributed by atoms with Gasteiger partial charge in [-0.05, 0) is 24.3 Å². The molecule has 2 aromatic carbocycles. The molecule has 0 radical (unpaired) electrons. The van der Waals surface area contributed by atoms with E-state index >= 15 is 0 Å². The number of esters is 2. The number of carbonyl (C=O) groups excluding carboxylic acids is 2. The molecule has 5 N–H and O–H groups in total. The maximum atomic E-state index is 12.6. The Balaban J connectivity index is 1.44. The predicted octanol–water partition coefficient (Wildman–Crippen LogP) is -1.03. The summed E-state index contributed by atoms with van der Waals surface area (Å²) in [4.78, 5) is 24.9. The van der Waals surface area contributed by atoms with Crippen LogP contribution < -0.4 is 0 Å². The first-order valence-electron chi connectivity index (χ1n) is 11.6. The van der Waals surface area contributed by atoms with Crippen LogP contribution in [0.5, 0.6) is 0 Å². The normalized spacial score (nSPS) is 33.9. The molecule has 2 saturated heterocycles. The standard InChI is InChI=1S/C25H28O12/c26-11-15-17(27)19(29)21(25(35-15)37-23(32)14-9-5-2-6-10-14)36-24-20(30)18(28)16(12-33-24)34-22(31)13-7-3-1-4-8-13/h1-10,15-21,24-30H,11-12H2/t15-,16-,17+,18+,19+,20-,21+,24-,25+/m1/s1. The Labute approximate surface area is 211 Å².